The van der Waals surface area contributed by atoms with Gasteiger partial charge in [0.2, 0.25) is 0 Å². The number of hydrogen-bond donors (Lipinski definition) is 2. The van der Waals surface area contributed by atoms with Crippen molar-refractivity contribution in [3.8, 4) is 0 Å². The van der Waals surface area contributed by atoms with Crippen molar-refractivity contribution in [2.24, 2.45) is 0 Å². The second kappa shape index (κ2) is 5.64. The quantitative estimate of drug-likeness (QED) is 0.617. The number of β-lactam (4-membered cyclic amide) rings is 1. The summed E-state index contributed by atoms with van der Waals surface area (Å²) in [6.45, 7) is 3.58. The zero-order valence-corrected chi connectivity index (χ0v) is 13.5. The van der Waals surface area contributed by atoms with Crippen LogP contribution in [0.2, 0.25) is 0 Å². The van der Waals surface area contributed by atoms with Gasteiger partial charge in [-0.15, -0.1) is 11.8 Å². The molecule has 1 fully saturated rings. The van der Waals surface area contributed by atoms with Crippen LogP contribution in [-0.2, 0) is 9.59 Å². The number of fused-ring (bicyclic) bond motifs is 1. The molecule has 118 valence electrons. The first-order chi connectivity index (χ1) is 10.4. The Hall–Kier alpha value is -1.45. The number of aliphatic hydroxyl groups excluding tert-OH is 1. The van der Waals surface area contributed by atoms with Crippen LogP contribution in [0.15, 0.2) is 20.8 Å². The summed E-state index contributed by atoms with van der Waals surface area (Å²) >= 11 is 2.73. The normalized spacial score (nSPS) is 24.3. The molecule has 0 radical (unpaired) electrons. The molecule has 22 heavy (non-hydrogen) atoms. The summed E-state index contributed by atoms with van der Waals surface area (Å²) in [6.07, 6.45) is -1.10. The molecule has 0 saturated carbocycles. The van der Waals surface area contributed by atoms with Crippen LogP contribution in [0.4, 0.5) is 0 Å². The van der Waals surface area contributed by atoms with Crippen molar-refractivity contribution in [3.63, 3.8) is 0 Å². The van der Waals surface area contributed by atoms with Crippen LogP contribution in [0.5, 0.6) is 0 Å². The molecule has 9 heteroatoms. The highest BCUT2D eigenvalue weighted by Crippen LogP contribution is 2.41. The number of aromatic nitrogens is 1. The maximum Gasteiger partial charge on any atom is 0.352 e. The summed E-state index contributed by atoms with van der Waals surface area (Å²) in [5, 5.41) is 19.2. The predicted octanol–water partition coefficient (Wildman–Crippen LogP) is 0.998. The van der Waals surface area contributed by atoms with Crippen molar-refractivity contribution < 1.29 is 24.2 Å². The number of thioether (sulfide) groups is 2. The first-order valence-corrected chi connectivity index (χ1v) is 8.58. The van der Waals surface area contributed by atoms with Gasteiger partial charge in [-0.05, 0) is 12.5 Å². The van der Waals surface area contributed by atoms with Crippen molar-refractivity contribution in [3.05, 3.63) is 22.9 Å². The van der Waals surface area contributed by atoms with Gasteiger partial charge in [0.15, 0.2) is 17.1 Å². The molecule has 0 unspecified atom stereocenters. The third-order valence-electron chi connectivity index (χ3n) is 3.46. The average Bonchev–Trinajstić information content (AvgIpc) is 2.80. The van der Waals surface area contributed by atoms with E-state index in [1.807, 2.05) is 6.92 Å². The lowest BCUT2D eigenvalue weighted by Crippen LogP contribution is -2.64. The Morgan fingerprint density at radius 3 is 2.86 bits per heavy atom. The molecule has 1 aromatic rings. The maximum atomic E-state index is 11.7. The molecule has 1 aromatic heterocycles. The smallest absolute Gasteiger partial charge is 0.352 e. The molecule has 3 rings (SSSR count). The minimum Gasteiger partial charge on any atom is -0.477 e. The summed E-state index contributed by atoms with van der Waals surface area (Å²) in [6, 6.07) is 0. The number of nitrogens with zero attached hydrogens (tertiary/aromatic N) is 2. The number of amides is 1. The number of carbonyl (C=O) groups excluding carboxylic acids is 1. The monoisotopic (exact) mass is 342 g/mol. The van der Waals surface area contributed by atoms with Crippen LogP contribution in [0.25, 0.3) is 0 Å². The van der Waals surface area contributed by atoms with Gasteiger partial charge in [-0.25, -0.2) is 9.78 Å². The summed E-state index contributed by atoms with van der Waals surface area (Å²) in [5.74, 6) is -0.273. The van der Waals surface area contributed by atoms with E-state index in [1.54, 1.807) is 6.92 Å². The van der Waals surface area contributed by atoms with Crippen molar-refractivity contribution >= 4 is 35.4 Å². The van der Waals surface area contributed by atoms with E-state index in [4.69, 9.17) is 4.42 Å². The first-order valence-electron chi connectivity index (χ1n) is 6.55. The Morgan fingerprint density at radius 1 is 1.55 bits per heavy atom. The van der Waals surface area contributed by atoms with Crippen LogP contribution < -0.4 is 0 Å². The maximum absolute atomic E-state index is 11.7. The van der Waals surface area contributed by atoms with E-state index in [9.17, 15) is 19.8 Å². The number of oxazole rings is 1. The number of carbonyl (C=O) groups is 2. The lowest BCUT2D eigenvalue weighted by Gasteiger charge is -2.47. The molecule has 0 aliphatic carbocycles. The molecule has 2 N–H and O–H groups in total. The van der Waals surface area contributed by atoms with E-state index in [0.29, 0.717) is 28.1 Å². The van der Waals surface area contributed by atoms with Gasteiger partial charge < -0.3 is 14.6 Å². The number of aliphatic hydroxyl groups is 1. The van der Waals surface area contributed by atoms with Gasteiger partial charge in [-0.2, -0.15) is 0 Å². The SMILES string of the molecule is Cc1nc(C)c(SCC2=C(C(=O)O)N3C(=O)[C@@H](O)[C@@H]3SC2)o1. The Balaban J connectivity index is 1.83. The van der Waals surface area contributed by atoms with Gasteiger partial charge in [-0.3, -0.25) is 9.69 Å². The Morgan fingerprint density at radius 2 is 2.27 bits per heavy atom. The van der Waals surface area contributed by atoms with Gasteiger partial charge >= 0.3 is 5.97 Å². The lowest BCUT2D eigenvalue weighted by molar-refractivity contribution is -0.159. The van der Waals surface area contributed by atoms with Gasteiger partial charge in [0.1, 0.15) is 11.1 Å². The molecular formula is C13H14N2O5S2. The standard InChI is InChI=1S/C13H14N2O5S2/c1-5-13(20-6(2)14-5)22-4-7-3-21-11-9(16)10(17)15(11)8(7)12(18)19/h9,11,16H,3-4H2,1-2H3,(H,18,19)/t9-,11+/m1/s1. The summed E-state index contributed by atoms with van der Waals surface area (Å²) in [7, 11) is 0. The second-order valence-electron chi connectivity index (χ2n) is 5.01. The summed E-state index contributed by atoms with van der Waals surface area (Å²) in [5.41, 5.74) is 1.39. The average molecular weight is 342 g/mol. The molecule has 1 saturated heterocycles. The Kier molecular flexibility index (Phi) is 3.96. The number of carboxylic acids is 1. The molecule has 0 bridgehead atoms. The van der Waals surface area contributed by atoms with E-state index >= 15 is 0 Å². The van der Waals surface area contributed by atoms with Crippen LogP contribution in [0, 0.1) is 13.8 Å². The minimum absolute atomic E-state index is 0.0135. The van der Waals surface area contributed by atoms with Gasteiger partial charge in [-0.1, -0.05) is 11.8 Å². The third kappa shape index (κ3) is 2.42. The van der Waals surface area contributed by atoms with Gasteiger partial charge in [0, 0.05) is 18.4 Å². The summed E-state index contributed by atoms with van der Waals surface area (Å²) in [4.78, 5) is 28.6. The van der Waals surface area contributed by atoms with Crippen LogP contribution >= 0.6 is 23.5 Å². The van der Waals surface area contributed by atoms with Crippen molar-refractivity contribution in [1.82, 2.24) is 9.88 Å². The second-order valence-corrected chi connectivity index (χ2v) is 7.06. The molecule has 3 heterocycles. The van der Waals surface area contributed by atoms with E-state index in [0.717, 1.165) is 5.69 Å². The van der Waals surface area contributed by atoms with E-state index in [-0.39, 0.29) is 5.70 Å². The molecule has 1 amide bonds. The van der Waals surface area contributed by atoms with E-state index in [2.05, 4.69) is 4.98 Å². The number of rotatable bonds is 4. The highest BCUT2D eigenvalue weighted by atomic mass is 32.2. The molecule has 2 aliphatic rings. The highest BCUT2D eigenvalue weighted by Gasteiger charge is 2.52. The van der Waals surface area contributed by atoms with Gasteiger partial charge in [0.25, 0.3) is 5.91 Å². The van der Waals surface area contributed by atoms with Crippen LogP contribution in [0.1, 0.15) is 11.6 Å². The lowest BCUT2D eigenvalue weighted by atomic mass is 10.1. The molecule has 0 aromatic carbocycles. The fourth-order valence-electron chi connectivity index (χ4n) is 2.44. The topological polar surface area (TPSA) is 104 Å². The minimum atomic E-state index is -1.15. The van der Waals surface area contributed by atoms with Crippen LogP contribution in [-0.4, -0.2) is 55.0 Å². The van der Waals surface area contributed by atoms with E-state index < -0.39 is 23.4 Å². The Bertz CT molecular complexity index is 684. The van der Waals surface area contributed by atoms with Crippen molar-refractivity contribution in [2.45, 2.75) is 30.4 Å². The number of carboxylic acid groups (broad SMARTS) is 1. The third-order valence-corrected chi connectivity index (χ3v) is 5.92. The Labute approximate surface area is 134 Å². The highest BCUT2D eigenvalue weighted by molar-refractivity contribution is 8.01. The molecule has 2 aliphatic heterocycles. The number of aliphatic carboxylic acids is 1. The first kappa shape index (κ1) is 15.4. The number of aryl methyl sites for hydroxylation is 2. The molecule has 2 atom stereocenters. The molecule has 7 nitrogen and oxygen atoms in total. The molecular weight excluding hydrogens is 328 g/mol. The van der Waals surface area contributed by atoms with E-state index in [1.165, 1.54) is 28.4 Å². The summed E-state index contributed by atoms with van der Waals surface area (Å²) < 4.78 is 5.46. The predicted molar refractivity (Wildman–Crippen MR) is 80.5 cm³/mol. The zero-order chi connectivity index (χ0) is 16.0. The van der Waals surface area contributed by atoms with Crippen LogP contribution in [0.3, 0.4) is 0 Å². The van der Waals surface area contributed by atoms with Crippen molar-refractivity contribution in [2.75, 3.05) is 11.5 Å². The van der Waals surface area contributed by atoms with Crippen molar-refractivity contribution in [1.29, 1.82) is 0 Å². The fourth-order valence-corrected chi connectivity index (χ4v) is 4.82. The van der Waals surface area contributed by atoms with Gasteiger partial charge in [0.05, 0.1) is 5.69 Å². The largest absolute Gasteiger partial charge is 0.477 e. The zero-order valence-electron chi connectivity index (χ0n) is 11.9. The molecule has 0 spiro atoms. The fraction of sp³-hybridized carbons (Fsp3) is 0.462. The number of hydrogen-bond acceptors (Lipinski definition) is 7.